The lowest BCUT2D eigenvalue weighted by Crippen LogP contribution is -2.56. The van der Waals surface area contributed by atoms with Gasteiger partial charge in [0.2, 0.25) is 11.9 Å². The molecular formula is C16H21FN6O. The number of nitrogens with zero attached hydrogens (tertiary/aromatic N) is 4. The number of halogens is 1. The van der Waals surface area contributed by atoms with Crippen molar-refractivity contribution in [3.8, 4) is 0 Å². The van der Waals surface area contributed by atoms with Crippen molar-refractivity contribution in [2.75, 3.05) is 39.8 Å². The van der Waals surface area contributed by atoms with E-state index in [4.69, 9.17) is 10.7 Å². The van der Waals surface area contributed by atoms with E-state index in [-0.39, 0.29) is 18.3 Å². The van der Waals surface area contributed by atoms with Crippen LogP contribution in [0.4, 0.5) is 4.39 Å². The third-order valence-corrected chi connectivity index (χ3v) is 4.09. The molecular weight excluding hydrogens is 311 g/mol. The fourth-order valence-electron chi connectivity index (χ4n) is 2.81. The Labute approximate surface area is 140 Å². The van der Waals surface area contributed by atoms with Gasteiger partial charge in [-0.3, -0.25) is 14.7 Å². The van der Waals surface area contributed by atoms with Crippen LogP contribution in [0.3, 0.4) is 0 Å². The summed E-state index contributed by atoms with van der Waals surface area (Å²) in [6, 6.07) is 6.26. The number of carbonyl (C=O) groups is 1. The Kier molecular flexibility index (Phi) is 4.66. The molecule has 0 radical (unpaired) electrons. The van der Waals surface area contributed by atoms with Gasteiger partial charge in [0.05, 0.1) is 12.2 Å². The second-order valence-electron chi connectivity index (χ2n) is 5.87. The zero-order valence-corrected chi connectivity index (χ0v) is 13.6. The van der Waals surface area contributed by atoms with Gasteiger partial charge in [0.1, 0.15) is 5.82 Å². The monoisotopic (exact) mass is 332 g/mol. The van der Waals surface area contributed by atoms with Crippen LogP contribution >= 0.6 is 0 Å². The van der Waals surface area contributed by atoms with Crippen molar-refractivity contribution in [3.63, 3.8) is 0 Å². The van der Waals surface area contributed by atoms with E-state index >= 15 is 0 Å². The minimum atomic E-state index is -0.307. The van der Waals surface area contributed by atoms with Gasteiger partial charge in [-0.2, -0.15) is 0 Å². The number of hydrogen-bond acceptors (Lipinski definition) is 6. The highest BCUT2D eigenvalue weighted by Crippen LogP contribution is 2.20. The van der Waals surface area contributed by atoms with Crippen LogP contribution in [-0.2, 0) is 4.79 Å². The van der Waals surface area contributed by atoms with Gasteiger partial charge in [-0.05, 0) is 24.3 Å². The lowest BCUT2D eigenvalue weighted by atomic mass is 10.1. The summed E-state index contributed by atoms with van der Waals surface area (Å²) in [7, 11) is 1.90. The van der Waals surface area contributed by atoms with Gasteiger partial charge in [-0.15, -0.1) is 0 Å². The number of primary amides is 1. The maximum atomic E-state index is 13.1. The SMILES string of the molecule is CN1NC=C(c2ccc(F)cc2)N=C1N1CCN(CC(N)=O)CC1. The van der Waals surface area contributed by atoms with Crippen molar-refractivity contribution in [1.82, 2.24) is 20.2 Å². The fraction of sp³-hybridized carbons (Fsp3) is 0.375. The van der Waals surface area contributed by atoms with Crippen molar-refractivity contribution in [1.29, 1.82) is 0 Å². The largest absolute Gasteiger partial charge is 0.369 e. The summed E-state index contributed by atoms with van der Waals surface area (Å²) in [5.41, 5.74) is 10.0. The fourth-order valence-corrected chi connectivity index (χ4v) is 2.81. The molecule has 0 atom stereocenters. The standard InChI is InChI=1S/C16H21FN6O/c1-21-16(23-8-6-22(7-9-23)11-15(18)24)20-14(10-19-21)12-2-4-13(17)5-3-12/h2-5,10,19H,6-9,11H2,1H3,(H2,18,24). The number of nitrogens with one attached hydrogen (secondary N) is 1. The van der Waals surface area contributed by atoms with Crippen molar-refractivity contribution in [2.45, 2.75) is 0 Å². The van der Waals surface area contributed by atoms with Crippen LogP contribution in [0.5, 0.6) is 0 Å². The van der Waals surface area contributed by atoms with E-state index in [2.05, 4.69) is 10.3 Å². The van der Waals surface area contributed by atoms with Gasteiger partial charge in [0.25, 0.3) is 0 Å². The van der Waals surface area contributed by atoms with Crippen LogP contribution in [-0.4, -0.2) is 66.4 Å². The number of aliphatic imine (C=N–C) groups is 1. The molecule has 0 bridgehead atoms. The lowest BCUT2D eigenvalue weighted by Gasteiger charge is -2.39. The number of amides is 1. The van der Waals surface area contributed by atoms with E-state index in [1.807, 2.05) is 17.0 Å². The second-order valence-corrected chi connectivity index (χ2v) is 5.87. The van der Waals surface area contributed by atoms with Crippen molar-refractivity contribution in [3.05, 3.63) is 41.8 Å². The van der Waals surface area contributed by atoms with E-state index in [9.17, 15) is 9.18 Å². The number of carbonyl (C=O) groups excluding carboxylic acids is 1. The minimum absolute atomic E-state index is 0.269. The molecule has 1 aromatic rings. The molecule has 7 nitrogen and oxygen atoms in total. The number of benzene rings is 1. The first-order valence-corrected chi connectivity index (χ1v) is 7.83. The molecule has 2 aliphatic heterocycles. The molecule has 0 unspecified atom stereocenters. The first kappa shape index (κ1) is 16.3. The van der Waals surface area contributed by atoms with Gasteiger partial charge in [0.15, 0.2) is 0 Å². The minimum Gasteiger partial charge on any atom is -0.369 e. The molecule has 0 saturated carbocycles. The van der Waals surface area contributed by atoms with E-state index in [1.165, 1.54) is 12.1 Å². The molecule has 1 fully saturated rings. The molecule has 3 rings (SSSR count). The summed E-state index contributed by atoms with van der Waals surface area (Å²) in [6.45, 7) is 3.32. The van der Waals surface area contributed by atoms with Gasteiger partial charge in [-0.1, -0.05) is 0 Å². The molecule has 8 heteroatoms. The average Bonchev–Trinajstić information content (AvgIpc) is 2.56. The highest BCUT2D eigenvalue weighted by molar-refractivity contribution is 5.87. The number of hydrazine groups is 1. The molecule has 1 amide bonds. The molecule has 3 N–H and O–H groups in total. The highest BCUT2D eigenvalue weighted by atomic mass is 19.1. The quantitative estimate of drug-likeness (QED) is 0.817. The molecule has 2 heterocycles. The number of guanidine groups is 1. The number of hydrogen-bond donors (Lipinski definition) is 2. The predicted molar refractivity (Wildman–Crippen MR) is 89.9 cm³/mol. The van der Waals surface area contributed by atoms with Gasteiger partial charge in [0, 0.05) is 45.0 Å². The molecule has 0 aromatic heterocycles. The molecule has 2 aliphatic rings. The molecule has 1 saturated heterocycles. The first-order valence-electron chi connectivity index (χ1n) is 7.83. The van der Waals surface area contributed by atoms with Crippen LogP contribution < -0.4 is 11.2 Å². The van der Waals surface area contributed by atoms with Gasteiger partial charge < -0.3 is 16.1 Å². The van der Waals surface area contributed by atoms with Crippen molar-refractivity contribution >= 4 is 17.6 Å². The average molecular weight is 332 g/mol. The third kappa shape index (κ3) is 3.65. The van der Waals surface area contributed by atoms with Crippen molar-refractivity contribution in [2.24, 2.45) is 10.7 Å². The summed E-state index contributed by atoms with van der Waals surface area (Å²) < 4.78 is 13.1. The second kappa shape index (κ2) is 6.88. The lowest BCUT2D eigenvalue weighted by molar-refractivity contribution is -0.119. The van der Waals surface area contributed by atoms with E-state index in [1.54, 1.807) is 18.3 Å². The topological polar surface area (TPSA) is 77.2 Å². The van der Waals surface area contributed by atoms with Crippen molar-refractivity contribution < 1.29 is 9.18 Å². The maximum Gasteiger partial charge on any atom is 0.231 e. The Hall–Kier alpha value is -2.61. The number of piperazine rings is 1. The Morgan fingerprint density at radius 1 is 1.25 bits per heavy atom. The van der Waals surface area contributed by atoms with Crippen LogP contribution in [0.1, 0.15) is 5.56 Å². The molecule has 0 aliphatic carbocycles. The normalized spacial score (nSPS) is 18.8. The molecule has 128 valence electrons. The Morgan fingerprint density at radius 2 is 1.92 bits per heavy atom. The van der Waals surface area contributed by atoms with Crippen LogP contribution in [0, 0.1) is 5.82 Å². The Morgan fingerprint density at radius 3 is 2.54 bits per heavy atom. The van der Waals surface area contributed by atoms with E-state index < -0.39 is 0 Å². The summed E-state index contributed by atoms with van der Waals surface area (Å²) in [6.07, 6.45) is 1.79. The molecule has 1 aromatic carbocycles. The number of rotatable bonds is 3. The summed E-state index contributed by atoms with van der Waals surface area (Å²) >= 11 is 0. The maximum absolute atomic E-state index is 13.1. The molecule has 24 heavy (non-hydrogen) atoms. The zero-order chi connectivity index (χ0) is 17.1. The van der Waals surface area contributed by atoms with Gasteiger partial charge >= 0.3 is 0 Å². The van der Waals surface area contributed by atoms with Crippen LogP contribution in [0.15, 0.2) is 35.5 Å². The van der Waals surface area contributed by atoms with E-state index in [0.29, 0.717) is 0 Å². The summed E-state index contributed by atoms with van der Waals surface area (Å²) in [5, 5.41) is 1.84. The summed E-state index contributed by atoms with van der Waals surface area (Å²) in [5.74, 6) is 0.226. The van der Waals surface area contributed by atoms with Gasteiger partial charge in [-0.25, -0.2) is 9.38 Å². The zero-order valence-electron chi connectivity index (χ0n) is 13.6. The Balaban J connectivity index is 1.71. The first-order chi connectivity index (χ1) is 11.5. The Bertz CT molecular complexity index is 664. The third-order valence-electron chi connectivity index (χ3n) is 4.09. The highest BCUT2D eigenvalue weighted by Gasteiger charge is 2.24. The molecule has 0 spiro atoms. The van der Waals surface area contributed by atoms with Crippen LogP contribution in [0.2, 0.25) is 0 Å². The van der Waals surface area contributed by atoms with Crippen LogP contribution in [0.25, 0.3) is 5.70 Å². The van der Waals surface area contributed by atoms with E-state index in [0.717, 1.165) is 43.4 Å². The number of nitrogens with two attached hydrogens (primary N) is 1. The smallest absolute Gasteiger partial charge is 0.231 e. The predicted octanol–water partition coefficient (Wildman–Crippen LogP) is 0.0330. The summed E-state index contributed by atoms with van der Waals surface area (Å²) in [4.78, 5) is 19.9.